The molecule has 0 amide bonds. The molecule has 0 saturated carbocycles. The number of hydrogen-bond donors (Lipinski definition) is 0. The van der Waals surface area contributed by atoms with E-state index in [0.29, 0.717) is 11.8 Å². The van der Waals surface area contributed by atoms with Crippen molar-refractivity contribution in [1.82, 2.24) is 9.80 Å². The number of rotatable bonds is 0. The summed E-state index contributed by atoms with van der Waals surface area (Å²) in [6.07, 6.45) is 6.72. The van der Waals surface area contributed by atoms with Crippen molar-refractivity contribution >= 4 is 0 Å². The standard InChI is InChI=1S/2C9H13.2C3H8N.2ClH.2Ti/c2*1-6-5-7(2)9(4)8(6)3;2*1-4(2)3;;;;/h2*6H,1-4H3;2*1H2,2-3H3;2*1H;;/q4*-1;;;2*+3/p-2. The van der Waals surface area contributed by atoms with Crippen LogP contribution in [-0.4, -0.2) is 38.0 Å². The molecule has 0 heterocycles. The van der Waals surface area contributed by atoms with Crippen LogP contribution in [0.4, 0.5) is 0 Å². The van der Waals surface area contributed by atoms with E-state index < -0.39 is 0 Å². The molecule has 2 radical (unpaired) electrons. The van der Waals surface area contributed by atoms with Crippen LogP contribution in [0.2, 0.25) is 0 Å². The minimum Gasteiger partial charge on any atom is -1.00 e. The molecule has 0 saturated heterocycles. The minimum absolute atomic E-state index is 0. The van der Waals surface area contributed by atoms with Gasteiger partial charge in [0, 0.05) is 0 Å². The Morgan fingerprint density at radius 1 is 0.600 bits per heavy atom. The average molecular weight is 525 g/mol. The number of nitrogens with zero attached hydrogens (tertiary/aromatic N) is 2. The molecule has 0 N–H and O–H groups in total. The molecule has 2 rings (SSSR count). The topological polar surface area (TPSA) is 6.48 Å². The molecule has 30 heavy (non-hydrogen) atoms. The molecule has 170 valence electrons. The van der Waals surface area contributed by atoms with E-state index in [4.69, 9.17) is 0 Å². The van der Waals surface area contributed by atoms with Crippen LogP contribution in [0.15, 0.2) is 33.4 Å². The second-order valence-electron chi connectivity index (χ2n) is 7.76. The van der Waals surface area contributed by atoms with Gasteiger partial charge in [-0.05, 0) is 28.2 Å². The van der Waals surface area contributed by atoms with Gasteiger partial charge in [-0.15, -0.1) is 13.8 Å². The molecule has 2 atom stereocenters. The van der Waals surface area contributed by atoms with E-state index in [1.54, 1.807) is 9.80 Å². The fraction of sp³-hybridized carbons (Fsp3) is 0.583. The van der Waals surface area contributed by atoms with Gasteiger partial charge in [-0.25, -0.2) is 11.1 Å². The Morgan fingerprint density at radius 3 is 0.800 bits per heavy atom. The number of halogens is 2. The van der Waals surface area contributed by atoms with Gasteiger partial charge in [0.15, 0.2) is 0 Å². The van der Waals surface area contributed by atoms with Crippen LogP contribution in [0.1, 0.15) is 55.4 Å². The summed E-state index contributed by atoms with van der Waals surface area (Å²) >= 11 is 0. The minimum atomic E-state index is 0. The third-order valence-corrected chi connectivity index (χ3v) is 4.47. The van der Waals surface area contributed by atoms with Crippen LogP contribution < -0.4 is 24.8 Å². The molecule has 0 fully saturated rings. The zero-order valence-corrected chi connectivity index (χ0v) is 25.9. The van der Waals surface area contributed by atoms with E-state index >= 15 is 0 Å². The van der Waals surface area contributed by atoms with E-state index in [1.165, 1.54) is 33.4 Å². The first kappa shape index (κ1) is 44.5. The first-order valence-corrected chi connectivity index (χ1v) is 9.23. The maximum atomic E-state index is 3.47. The van der Waals surface area contributed by atoms with E-state index in [-0.39, 0.29) is 68.2 Å². The van der Waals surface area contributed by atoms with Crippen molar-refractivity contribution in [3.63, 3.8) is 0 Å². The van der Waals surface area contributed by atoms with Crippen LogP contribution in [0, 0.1) is 38.1 Å². The SMILES string of the molecule is CC1=[C-]C(C)C(C)=C1C.CC1=[C-]C(C)C(C)=C1C.[CH2-]N(C)C.[CH2-]N(C)C.[Cl-].[Cl-].[Ti+3].[Ti+3]. The molecule has 2 aliphatic carbocycles. The largest absolute Gasteiger partial charge is 3.00 e. The number of allylic oxidation sites excluding steroid dienone is 8. The molecule has 0 spiro atoms. The first-order chi connectivity index (χ1) is 11.7. The Balaban J connectivity index is -0.0000000653. The van der Waals surface area contributed by atoms with Crippen LogP contribution >= 0.6 is 0 Å². The van der Waals surface area contributed by atoms with E-state index in [2.05, 4.69) is 81.6 Å². The predicted molar refractivity (Wildman–Crippen MR) is 118 cm³/mol. The van der Waals surface area contributed by atoms with Crippen LogP contribution in [0.3, 0.4) is 0 Å². The Labute approximate surface area is 231 Å². The molecule has 0 bridgehead atoms. The smallest absolute Gasteiger partial charge is 1.00 e. The van der Waals surface area contributed by atoms with Crippen LogP contribution in [0.25, 0.3) is 0 Å². The maximum Gasteiger partial charge on any atom is 3.00 e. The van der Waals surface area contributed by atoms with Gasteiger partial charge in [-0.3, -0.25) is 26.2 Å². The third kappa shape index (κ3) is 20.8. The Bertz CT molecular complexity index is 508. The van der Waals surface area contributed by atoms with Crippen LogP contribution in [0.5, 0.6) is 0 Å². The summed E-state index contributed by atoms with van der Waals surface area (Å²) in [7, 11) is 14.5. The summed E-state index contributed by atoms with van der Waals surface area (Å²) in [5.41, 5.74) is 8.49. The monoisotopic (exact) mass is 524 g/mol. The molecule has 2 nitrogen and oxygen atoms in total. The van der Waals surface area contributed by atoms with Crippen molar-refractivity contribution in [2.24, 2.45) is 11.8 Å². The maximum absolute atomic E-state index is 3.47. The summed E-state index contributed by atoms with van der Waals surface area (Å²) in [6.45, 7) is 17.3. The third-order valence-electron chi connectivity index (χ3n) is 4.47. The average Bonchev–Trinajstić information content (AvgIpc) is 2.83. The summed E-state index contributed by atoms with van der Waals surface area (Å²) < 4.78 is 0. The van der Waals surface area contributed by atoms with Gasteiger partial charge in [0.25, 0.3) is 0 Å². The Kier molecular flexibility index (Phi) is 34.2. The van der Waals surface area contributed by atoms with Crippen molar-refractivity contribution < 1.29 is 68.2 Å². The van der Waals surface area contributed by atoms with Crippen molar-refractivity contribution in [1.29, 1.82) is 0 Å². The fourth-order valence-electron chi connectivity index (χ4n) is 2.32. The van der Waals surface area contributed by atoms with Crippen molar-refractivity contribution in [3.8, 4) is 0 Å². The van der Waals surface area contributed by atoms with Gasteiger partial charge in [0.2, 0.25) is 0 Å². The Hall–Kier alpha value is 0.889. The van der Waals surface area contributed by atoms with Crippen molar-refractivity contribution in [3.05, 3.63) is 59.7 Å². The molecule has 0 aromatic heterocycles. The van der Waals surface area contributed by atoms with Gasteiger partial charge in [0.05, 0.1) is 0 Å². The Morgan fingerprint density at radius 2 is 0.767 bits per heavy atom. The molecule has 2 unspecified atom stereocenters. The van der Waals surface area contributed by atoms with Gasteiger partial charge in [-0.2, -0.15) is 22.3 Å². The molecule has 0 aromatic carbocycles. The summed E-state index contributed by atoms with van der Waals surface area (Å²) in [6, 6.07) is 0. The van der Waals surface area contributed by atoms with Gasteiger partial charge in [-0.1, -0.05) is 53.4 Å². The molecule has 2 aliphatic rings. The fourth-order valence-corrected chi connectivity index (χ4v) is 2.32. The van der Waals surface area contributed by atoms with Gasteiger partial charge >= 0.3 is 43.4 Å². The first-order valence-electron chi connectivity index (χ1n) is 9.23. The van der Waals surface area contributed by atoms with Crippen molar-refractivity contribution in [2.45, 2.75) is 55.4 Å². The predicted octanol–water partition coefficient (Wildman–Crippen LogP) is 0.126. The summed E-state index contributed by atoms with van der Waals surface area (Å²) in [5, 5.41) is 0. The second kappa shape index (κ2) is 23.1. The summed E-state index contributed by atoms with van der Waals surface area (Å²) in [4.78, 5) is 3.50. The van der Waals surface area contributed by atoms with Crippen molar-refractivity contribution in [2.75, 3.05) is 28.2 Å². The zero-order chi connectivity index (χ0) is 21.2. The normalized spacial score (nSPS) is 18.7. The van der Waals surface area contributed by atoms with E-state index in [1.807, 2.05) is 28.2 Å². The molecular weight excluding hydrogens is 483 g/mol. The zero-order valence-electron chi connectivity index (χ0n) is 21.2. The second-order valence-corrected chi connectivity index (χ2v) is 7.76. The molecular formula is C24H42Cl2N2Ti2. The molecule has 6 heteroatoms. The number of hydrogen-bond acceptors (Lipinski definition) is 2. The van der Waals surface area contributed by atoms with Crippen LogP contribution in [-0.2, 0) is 43.4 Å². The van der Waals surface area contributed by atoms with Gasteiger partial charge < -0.3 is 34.6 Å². The van der Waals surface area contributed by atoms with E-state index in [0.717, 1.165) is 0 Å². The molecule has 0 aliphatic heterocycles. The molecule has 0 aromatic rings. The summed E-state index contributed by atoms with van der Waals surface area (Å²) in [5.74, 6) is 1.12. The quantitative estimate of drug-likeness (QED) is 0.328. The van der Waals surface area contributed by atoms with Gasteiger partial charge in [0.1, 0.15) is 0 Å². The van der Waals surface area contributed by atoms with E-state index in [9.17, 15) is 0 Å².